The Kier molecular flexibility index (Phi) is 6.73. The Labute approximate surface area is 191 Å². The zero-order valence-electron chi connectivity index (χ0n) is 18.6. The van der Waals surface area contributed by atoms with E-state index in [1.165, 1.54) is 0 Å². The lowest BCUT2D eigenvalue weighted by Gasteiger charge is -2.08. The van der Waals surface area contributed by atoms with Crippen molar-refractivity contribution in [3.8, 4) is 5.75 Å². The van der Waals surface area contributed by atoms with E-state index in [9.17, 15) is 9.59 Å². The van der Waals surface area contributed by atoms with E-state index in [2.05, 4.69) is 15.7 Å². The molecular weight excluding hydrogens is 420 g/mol. The summed E-state index contributed by atoms with van der Waals surface area (Å²) in [6.07, 6.45) is 2.43. The summed E-state index contributed by atoms with van der Waals surface area (Å²) in [5.74, 6) is 0.578. The predicted molar refractivity (Wildman–Crippen MR) is 125 cm³/mol. The van der Waals surface area contributed by atoms with E-state index >= 15 is 0 Å². The molecule has 2 N–H and O–H groups in total. The molecular formula is C25H26N4O4. The third-order valence-electron chi connectivity index (χ3n) is 5.09. The van der Waals surface area contributed by atoms with Gasteiger partial charge in [-0.1, -0.05) is 43.3 Å². The van der Waals surface area contributed by atoms with Gasteiger partial charge in [0.1, 0.15) is 18.1 Å². The number of amides is 2. The first kappa shape index (κ1) is 22.1. The maximum absolute atomic E-state index is 12.7. The molecule has 4 aromatic rings. The molecule has 170 valence electrons. The normalized spacial score (nSPS) is 10.8. The summed E-state index contributed by atoms with van der Waals surface area (Å²) in [4.78, 5) is 25.2. The number of nitrogens with zero attached hydrogens (tertiary/aromatic N) is 2. The number of aryl methyl sites for hydroxylation is 1. The summed E-state index contributed by atoms with van der Waals surface area (Å²) in [6, 6.07) is 17.1. The number of nitrogens with one attached hydrogen (secondary N) is 2. The molecule has 0 bridgehead atoms. The molecule has 8 heteroatoms. The van der Waals surface area contributed by atoms with Gasteiger partial charge in [-0.05, 0) is 36.9 Å². The van der Waals surface area contributed by atoms with Gasteiger partial charge >= 0.3 is 0 Å². The summed E-state index contributed by atoms with van der Waals surface area (Å²) >= 11 is 0. The van der Waals surface area contributed by atoms with Gasteiger partial charge in [-0.3, -0.25) is 14.3 Å². The Balaban J connectivity index is 1.44. The monoisotopic (exact) mass is 446 g/mol. The van der Waals surface area contributed by atoms with Crippen molar-refractivity contribution in [1.82, 2.24) is 15.1 Å². The molecule has 0 saturated carbocycles. The summed E-state index contributed by atoms with van der Waals surface area (Å²) in [6.45, 7) is 5.15. The topological polar surface area (TPSA) is 98.4 Å². The number of fused-ring (bicyclic) bond motifs is 1. The van der Waals surface area contributed by atoms with Crippen molar-refractivity contribution in [2.24, 2.45) is 0 Å². The molecule has 33 heavy (non-hydrogen) atoms. The minimum atomic E-state index is -0.466. The van der Waals surface area contributed by atoms with Crippen LogP contribution in [-0.2, 0) is 13.2 Å². The van der Waals surface area contributed by atoms with Gasteiger partial charge in [-0.2, -0.15) is 5.10 Å². The summed E-state index contributed by atoms with van der Waals surface area (Å²) < 4.78 is 13.2. The van der Waals surface area contributed by atoms with E-state index in [1.54, 1.807) is 23.0 Å². The van der Waals surface area contributed by atoms with Crippen molar-refractivity contribution in [1.29, 1.82) is 0 Å². The smallest absolute Gasteiger partial charge is 0.291 e. The Morgan fingerprint density at radius 1 is 1.03 bits per heavy atom. The predicted octanol–water partition coefficient (Wildman–Crippen LogP) is 4.62. The van der Waals surface area contributed by atoms with Gasteiger partial charge in [-0.25, -0.2) is 0 Å². The molecule has 0 aliphatic heterocycles. The van der Waals surface area contributed by atoms with Crippen LogP contribution in [0.5, 0.6) is 5.75 Å². The van der Waals surface area contributed by atoms with Crippen LogP contribution in [0.2, 0.25) is 0 Å². The lowest BCUT2D eigenvalue weighted by Crippen LogP contribution is -2.26. The third kappa shape index (κ3) is 5.06. The minimum Gasteiger partial charge on any atom is -0.485 e. The Morgan fingerprint density at radius 3 is 2.67 bits per heavy atom. The molecule has 0 saturated heterocycles. The average molecular weight is 447 g/mol. The highest BCUT2D eigenvalue weighted by Gasteiger charge is 2.20. The number of carbonyl (C=O) groups is 2. The fourth-order valence-corrected chi connectivity index (χ4v) is 3.40. The zero-order valence-corrected chi connectivity index (χ0v) is 18.6. The molecule has 2 amide bonds. The highest BCUT2D eigenvalue weighted by atomic mass is 16.5. The maximum Gasteiger partial charge on any atom is 0.291 e. The number of ether oxygens (including phenoxy) is 1. The second-order valence-corrected chi connectivity index (χ2v) is 7.49. The van der Waals surface area contributed by atoms with Gasteiger partial charge in [-0.15, -0.1) is 0 Å². The molecule has 0 aliphatic rings. The highest BCUT2D eigenvalue weighted by Crippen LogP contribution is 2.26. The van der Waals surface area contributed by atoms with Gasteiger partial charge in [0, 0.05) is 24.7 Å². The van der Waals surface area contributed by atoms with Crippen LogP contribution < -0.4 is 15.4 Å². The highest BCUT2D eigenvalue weighted by molar-refractivity contribution is 6.07. The summed E-state index contributed by atoms with van der Waals surface area (Å²) in [7, 11) is 0. The minimum absolute atomic E-state index is 0.121. The number of hydrogen-bond donors (Lipinski definition) is 2. The molecule has 2 aromatic carbocycles. The Bertz CT molecular complexity index is 1270. The second kappa shape index (κ2) is 10.0. The van der Waals surface area contributed by atoms with Crippen molar-refractivity contribution in [3.63, 3.8) is 0 Å². The number of anilines is 1. The number of hydrogen-bond acceptors (Lipinski definition) is 5. The van der Waals surface area contributed by atoms with E-state index in [-0.39, 0.29) is 24.0 Å². The van der Waals surface area contributed by atoms with Crippen LogP contribution >= 0.6 is 0 Å². The maximum atomic E-state index is 12.7. The SMILES string of the molecule is CCCNC(=O)c1nn(CC)cc1NC(=O)c1ccc(COc2cccc3ccccc23)o1. The van der Waals surface area contributed by atoms with E-state index in [0.717, 1.165) is 22.9 Å². The quantitative estimate of drug-likeness (QED) is 0.391. The second-order valence-electron chi connectivity index (χ2n) is 7.49. The number of aromatic nitrogens is 2. The Hall–Kier alpha value is -4.07. The standard InChI is InChI=1S/C25H26N4O4/c1-3-14-26-25(31)23-20(15-29(4-2)28-23)27-24(30)22-13-12-18(33-22)16-32-21-11-7-9-17-8-5-6-10-19(17)21/h5-13,15H,3-4,14,16H2,1-2H3,(H,26,31)(H,27,30). The van der Waals surface area contributed by atoms with Crippen molar-refractivity contribution in [3.05, 3.63) is 78.0 Å². The van der Waals surface area contributed by atoms with Crippen LogP contribution in [-0.4, -0.2) is 28.1 Å². The average Bonchev–Trinajstić information content (AvgIpc) is 3.48. The lowest BCUT2D eigenvalue weighted by atomic mass is 10.1. The third-order valence-corrected chi connectivity index (χ3v) is 5.09. The van der Waals surface area contributed by atoms with E-state index < -0.39 is 5.91 Å². The molecule has 0 radical (unpaired) electrons. The molecule has 2 heterocycles. The van der Waals surface area contributed by atoms with E-state index in [1.807, 2.05) is 56.3 Å². The zero-order chi connectivity index (χ0) is 23.2. The first-order valence-corrected chi connectivity index (χ1v) is 10.9. The van der Waals surface area contributed by atoms with Crippen molar-refractivity contribution in [2.75, 3.05) is 11.9 Å². The first-order chi connectivity index (χ1) is 16.1. The first-order valence-electron chi connectivity index (χ1n) is 10.9. The van der Waals surface area contributed by atoms with Crippen LogP contribution in [0.1, 0.15) is 47.1 Å². The van der Waals surface area contributed by atoms with Crippen molar-refractivity contribution in [2.45, 2.75) is 33.4 Å². The van der Waals surface area contributed by atoms with Crippen LogP contribution in [0.3, 0.4) is 0 Å². The molecule has 2 aromatic heterocycles. The van der Waals surface area contributed by atoms with Gasteiger partial charge < -0.3 is 19.8 Å². The van der Waals surface area contributed by atoms with Gasteiger partial charge in [0.05, 0.1) is 5.69 Å². The fourth-order valence-electron chi connectivity index (χ4n) is 3.40. The summed E-state index contributed by atoms with van der Waals surface area (Å²) in [5, 5.41) is 11.9. The molecule has 0 fully saturated rings. The number of benzene rings is 2. The van der Waals surface area contributed by atoms with E-state index in [0.29, 0.717) is 24.5 Å². The molecule has 8 nitrogen and oxygen atoms in total. The number of furan rings is 1. The van der Waals surface area contributed by atoms with Gasteiger partial charge in [0.2, 0.25) is 0 Å². The lowest BCUT2D eigenvalue weighted by molar-refractivity contribution is 0.0948. The summed E-state index contributed by atoms with van der Waals surface area (Å²) in [5.41, 5.74) is 0.505. The van der Waals surface area contributed by atoms with E-state index in [4.69, 9.17) is 9.15 Å². The molecule has 4 rings (SSSR count). The Morgan fingerprint density at radius 2 is 1.85 bits per heavy atom. The van der Waals surface area contributed by atoms with Gasteiger partial charge in [0.25, 0.3) is 11.8 Å². The van der Waals surface area contributed by atoms with Crippen molar-refractivity contribution >= 4 is 28.3 Å². The largest absolute Gasteiger partial charge is 0.485 e. The molecule has 0 unspecified atom stereocenters. The van der Waals surface area contributed by atoms with Crippen LogP contribution in [0.4, 0.5) is 5.69 Å². The molecule has 0 spiro atoms. The van der Waals surface area contributed by atoms with Gasteiger partial charge in [0.15, 0.2) is 11.5 Å². The number of carbonyl (C=O) groups excluding carboxylic acids is 2. The van der Waals surface area contributed by atoms with Crippen LogP contribution in [0, 0.1) is 0 Å². The fraction of sp³-hybridized carbons (Fsp3) is 0.240. The van der Waals surface area contributed by atoms with Crippen LogP contribution in [0.15, 0.2) is 65.2 Å². The van der Waals surface area contributed by atoms with Crippen LogP contribution in [0.25, 0.3) is 10.8 Å². The molecule has 0 aliphatic carbocycles. The molecule has 0 atom stereocenters. The van der Waals surface area contributed by atoms with Crippen molar-refractivity contribution < 1.29 is 18.7 Å². The number of rotatable bonds is 9.